The first-order chi connectivity index (χ1) is 8.81. The molecule has 2 aromatic rings. The Labute approximate surface area is 105 Å². The number of anilines is 1. The van der Waals surface area contributed by atoms with Gasteiger partial charge >= 0.3 is 0 Å². The van der Waals surface area contributed by atoms with Crippen LogP contribution in [0.4, 0.5) is 5.69 Å². The van der Waals surface area contributed by atoms with Crippen molar-refractivity contribution < 1.29 is 4.74 Å². The highest BCUT2D eigenvalue weighted by Gasteiger charge is 1.97. The van der Waals surface area contributed by atoms with Crippen LogP contribution in [0.25, 0.3) is 0 Å². The molecule has 0 unspecified atom stereocenters. The fourth-order valence-electron chi connectivity index (χ4n) is 1.40. The van der Waals surface area contributed by atoms with Gasteiger partial charge in [-0.2, -0.15) is 5.26 Å². The van der Waals surface area contributed by atoms with Crippen molar-refractivity contribution >= 4 is 5.69 Å². The Morgan fingerprint density at radius 2 is 2.11 bits per heavy atom. The van der Waals surface area contributed by atoms with Crippen LogP contribution in [0, 0.1) is 11.3 Å². The van der Waals surface area contributed by atoms with Gasteiger partial charge in [-0.05, 0) is 17.7 Å². The van der Waals surface area contributed by atoms with E-state index < -0.39 is 0 Å². The lowest BCUT2D eigenvalue weighted by Gasteiger charge is -2.06. The number of nitrogens with zero attached hydrogens (tertiary/aromatic N) is 3. The van der Waals surface area contributed by atoms with Gasteiger partial charge in [0.05, 0.1) is 19.0 Å². The molecular formula is C13H12N4O. The number of pyridine rings is 2. The highest BCUT2D eigenvalue weighted by molar-refractivity contribution is 5.43. The molecule has 2 aromatic heterocycles. The number of nitriles is 1. The van der Waals surface area contributed by atoms with Crippen LogP contribution in [0.15, 0.2) is 36.7 Å². The van der Waals surface area contributed by atoms with Crippen LogP contribution < -0.4 is 10.1 Å². The summed E-state index contributed by atoms with van der Waals surface area (Å²) in [5.41, 5.74) is 2.32. The molecule has 0 atom stereocenters. The molecule has 2 heterocycles. The average molecular weight is 240 g/mol. The van der Waals surface area contributed by atoms with E-state index in [9.17, 15) is 0 Å². The molecule has 0 fully saturated rings. The van der Waals surface area contributed by atoms with E-state index in [0.717, 1.165) is 11.3 Å². The van der Waals surface area contributed by atoms with Crippen molar-refractivity contribution in [2.75, 3.05) is 12.4 Å². The van der Waals surface area contributed by atoms with Crippen molar-refractivity contribution in [1.82, 2.24) is 9.97 Å². The van der Waals surface area contributed by atoms with Gasteiger partial charge in [0.25, 0.3) is 0 Å². The molecule has 5 heteroatoms. The molecule has 2 rings (SSSR count). The third-order valence-electron chi connectivity index (χ3n) is 2.38. The molecule has 0 saturated carbocycles. The second kappa shape index (κ2) is 5.64. The molecule has 0 aliphatic carbocycles. The first-order valence-electron chi connectivity index (χ1n) is 5.41. The molecule has 18 heavy (non-hydrogen) atoms. The Hall–Kier alpha value is -2.61. The lowest BCUT2D eigenvalue weighted by Crippen LogP contribution is -2.00. The summed E-state index contributed by atoms with van der Waals surface area (Å²) in [4.78, 5) is 8.09. The second-order valence-corrected chi connectivity index (χ2v) is 3.61. The SMILES string of the molecule is COc1ccc(CNc2ccc(C#N)nc2)cn1. The number of hydrogen-bond acceptors (Lipinski definition) is 5. The Kier molecular flexibility index (Phi) is 3.72. The Morgan fingerprint density at radius 3 is 2.67 bits per heavy atom. The molecule has 90 valence electrons. The first-order valence-corrected chi connectivity index (χ1v) is 5.41. The maximum atomic E-state index is 8.63. The third kappa shape index (κ3) is 2.95. The number of nitrogens with one attached hydrogen (secondary N) is 1. The van der Waals surface area contributed by atoms with Crippen LogP contribution in [0.3, 0.4) is 0 Å². The van der Waals surface area contributed by atoms with E-state index in [-0.39, 0.29) is 0 Å². The molecule has 0 aliphatic heterocycles. The van der Waals surface area contributed by atoms with Gasteiger partial charge in [-0.15, -0.1) is 0 Å². The smallest absolute Gasteiger partial charge is 0.212 e. The zero-order valence-corrected chi connectivity index (χ0v) is 9.92. The van der Waals surface area contributed by atoms with E-state index in [2.05, 4.69) is 15.3 Å². The van der Waals surface area contributed by atoms with Gasteiger partial charge in [0.1, 0.15) is 11.8 Å². The largest absolute Gasteiger partial charge is 0.481 e. The van der Waals surface area contributed by atoms with E-state index in [4.69, 9.17) is 10.00 Å². The van der Waals surface area contributed by atoms with Crippen LogP contribution in [-0.4, -0.2) is 17.1 Å². The number of ether oxygens (including phenoxy) is 1. The molecule has 0 aliphatic rings. The van der Waals surface area contributed by atoms with Crippen molar-refractivity contribution in [1.29, 1.82) is 5.26 Å². The van der Waals surface area contributed by atoms with E-state index in [1.807, 2.05) is 24.3 Å². The predicted octanol–water partition coefficient (Wildman–Crippen LogP) is 1.97. The third-order valence-corrected chi connectivity index (χ3v) is 2.38. The van der Waals surface area contributed by atoms with Gasteiger partial charge in [0.2, 0.25) is 5.88 Å². The van der Waals surface area contributed by atoms with E-state index in [1.165, 1.54) is 0 Å². The van der Waals surface area contributed by atoms with Gasteiger partial charge in [-0.25, -0.2) is 9.97 Å². The molecule has 0 aromatic carbocycles. The number of hydrogen-bond donors (Lipinski definition) is 1. The molecule has 0 spiro atoms. The molecule has 0 radical (unpaired) electrons. The maximum absolute atomic E-state index is 8.63. The average Bonchev–Trinajstić information content (AvgIpc) is 2.46. The van der Waals surface area contributed by atoms with Crippen LogP contribution in [0.1, 0.15) is 11.3 Å². The Morgan fingerprint density at radius 1 is 1.22 bits per heavy atom. The summed E-state index contributed by atoms with van der Waals surface area (Å²) in [6, 6.07) is 9.23. The summed E-state index contributed by atoms with van der Waals surface area (Å²) in [6.45, 7) is 0.643. The first kappa shape index (κ1) is 11.9. The second-order valence-electron chi connectivity index (χ2n) is 3.61. The summed E-state index contributed by atoms with van der Waals surface area (Å²) in [7, 11) is 1.59. The standard InChI is InChI=1S/C13H12N4O/c1-18-13-5-2-10(8-17-13)7-15-12-4-3-11(6-14)16-9-12/h2-5,8-9,15H,7H2,1H3. The van der Waals surface area contributed by atoms with Crippen LogP contribution in [0.5, 0.6) is 5.88 Å². The van der Waals surface area contributed by atoms with Crippen molar-refractivity contribution in [3.05, 3.63) is 47.9 Å². The predicted molar refractivity (Wildman–Crippen MR) is 67.1 cm³/mol. The van der Waals surface area contributed by atoms with Gasteiger partial charge in [-0.3, -0.25) is 0 Å². The minimum atomic E-state index is 0.409. The summed E-state index contributed by atoms with van der Waals surface area (Å²) in [5, 5.41) is 11.8. The van der Waals surface area contributed by atoms with E-state index in [0.29, 0.717) is 18.1 Å². The number of methoxy groups -OCH3 is 1. The lowest BCUT2D eigenvalue weighted by atomic mass is 10.2. The van der Waals surface area contributed by atoms with Gasteiger partial charge in [-0.1, -0.05) is 6.07 Å². The van der Waals surface area contributed by atoms with Gasteiger partial charge < -0.3 is 10.1 Å². The normalized spacial score (nSPS) is 9.56. The monoisotopic (exact) mass is 240 g/mol. The van der Waals surface area contributed by atoms with E-state index >= 15 is 0 Å². The molecular weight excluding hydrogens is 228 g/mol. The van der Waals surface area contributed by atoms with Crippen molar-refractivity contribution in [3.8, 4) is 11.9 Å². The molecule has 1 N–H and O–H groups in total. The zero-order chi connectivity index (χ0) is 12.8. The summed E-state index contributed by atoms with van der Waals surface area (Å²) in [6.07, 6.45) is 3.39. The molecule has 0 amide bonds. The van der Waals surface area contributed by atoms with Crippen LogP contribution in [-0.2, 0) is 6.54 Å². The highest BCUT2D eigenvalue weighted by Crippen LogP contribution is 2.10. The summed E-state index contributed by atoms with van der Waals surface area (Å²) >= 11 is 0. The van der Waals surface area contributed by atoms with E-state index in [1.54, 1.807) is 25.6 Å². The van der Waals surface area contributed by atoms with Crippen LogP contribution in [0.2, 0.25) is 0 Å². The quantitative estimate of drug-likeness (QED) is 0.884. The summed E-state index contributed by atoms with van der Waals surface area (Å²) < 4.78 is 4.99. The maximum Gasteiger partial charge on any atom is 0.212 e. The van der Waals surface area contributed by atoms with Gasteiger partial charge in [0.15, 0.2) is 0 Å². The number of rotatable bonds is 4. The summed E-state index contributed by atoms with van der Waals surface area (Å²) in [5.74, 6) is 0.596. The van der Waals surface area contributed by atoms with Crippen molar-refractivity contribution in [2.45, 2.75) is 6.54 Å². The molecule has 5 nitrogen and oxygen atoms in total. The minimum absolute atomic E-state index is 0.409. The van der Waals surface area contributed by atoms with Crippen molar-refractivity contribution in [2.24, 2.45) is 0 Å². The fourth-order valence-corrected chi connectivity index (χ4v) is 1.40. The fraction of sp³-hybridized carbons (Fsp3) is 0.154. The highest BCUT2D eigenvalue weighted by atomic mass is 16.5. The topological polar surface area (TPSA) is 70.8 Å². The zero-order valence-electron chi connectivity index (χ0n) is 9.92. The van der Waals surface area contributed by atoms with Crippen molar-refractivity contribution in [3.63, 3.8) is 0 Å². The van der Waals surface area contributed by atoms with Crippen LogP contribution >= 0.6 is 0 Å². The molecule has 0 bridgehead atoms. The lowest BCUT2D eigenvalue weighted by molar-refractivity contribution is 0.397. The van der Waals surface area contributed by atoms with Gasteiger partial charge in [0, 0.05) is 18.8 Å². The molecule has 0 saturated heterocycles. The minimum Gasteiger partial charge on any atom is -0.481 e. The number of aromatic nitrogens is 2. The Bertz CT molecular complexity index is 543. The Balaban J connectivity index is 1.95.